The van der Waals surface area contributed by atoms with Gasteiger partial charge in [0.15, 0.2) is 0 Å². The highest BCUT2D eigenvalue weighted by molar-refractivity contribution is 7.89. The van der Waals surface area contributed by atoms with E-state index in [1.54, 1.807) is 0 Å². The highest BCUT2D eigenvalue weighted by Crippen LogP contribution is 2.21. The van der Waals surface area contributed by atoms with E-state index in [9.17, 15) is 17.6 Å². The predicted octanol–water partition coefficient (Wildman–Crippen LogP) is 0.757. The molecule has 98 valence electrons. The number of amides is 2. The first kappa shape index (κ1) is 12.8. The fraction of sp³-hybridized carbons (Fsp3) is 0.300. The number of carbonyl (C=O) groups is 1. The van der Waals surface area contributed by atoms with Crippen molar-refractivity contribution >= 4 is 21.7 Å². The van der Waals surface area contributed by atoms with Crippen LogP contribution in [-0.4, -0.2) is 20.5 Å². The first-order chi connectivity index (χ1) is 8.36. The monoisotopic (exact) mass is 273 g/mol. The number of nitrogens with one attached hydrogen (secondary N) is 2. The molecule has 2 amide bonds. The average Bonchev–Trinajstić information content (AvgIpc) is 3.03. The molecule has 4 N–H and O–H groups in total. The van der Waals surface area contributed by atoms with Gasteiger partial charge in [0.1, 0.15) is 5.82 Å². The molecule has 1 fully saturated rings. The molecular weight excluding hydrogens is 261 g/mol. The highest BCUT2D eigenvalue weighted by Gasteiger charge is 2.23. The van der Waals surface area contributed by atoms with E-state index in [-0.39, 0.29) is 16.6 Å². The van der Waals surface area contributed by atoms with Gasteiger partial charge in [0, 0.05) is 6.04 Å². The molecule has 2 rings (SSSR count). The van der Waals surface area contributed by atoms with Crippen molar-refractivity contribution in [1.29, 1.82) is 0 Å². The summed E-state index contributed by atoms with van der Waals surface area (Å²) in [7, 11) is -3.93. The minimum absolute atomic E-state index is 0.120. The van der Waals surface area contributed by atoms with Gasteiger partial charge in [-0.2, -0.15) is 0 Å². The molecule has 1 aromatic carbocycles. The topological polar surface area (TPSA) is 101 Å². The number of benzene rings is 1. The van der Waals surface area contributed by atoms with Crippen LogP contribution in [0.15, 0.2) is 23.1 Å². The molecule has 18 heavy (non-hydrogen) atoms. The van der Waals surface area contributed by atoms with Crippen LogP contribution in [0.25, 0.3) is 0 Å². The lowest BCUT2D eigenvalue weighted by Crippen LogP contribution is -2.30. The van der Waals surface area contributed by atoms with Gasteiger partial charge in [-0.1, -0.05) is 0 Å². The van der Waals surface area contributed by atoms with Gasteiger partial charge >= 0.3 is 6.03 Å². The minimum Gasteiger partial charge on any atom is -0.335 e. The third-order valence-corrected chi connectivity index (χ3v) is 3.34. The van der Waals surface area contributed by atoms with E-state index in [1.807, 2.05) is 0 Å². The van der Waals surface area contributed by atoms with Gasteiger partial charge in [-0.15, -0.1) is 0 Å². The van der Waals surface area contributed by atoms with Crippen LogP contribution in [-0.2, 0) is 10.0 Å². The predicted molar refractivity (Wildman–Crippen MR) is 62.9 cm³/mol. The fourth-order valence-electron chi connectivity index (χ4n) is 1.35. The van der Waals surface area contributed by atoms with Gasteiger partial charge in [-0.25, -0.2) is 22.7 Å². The van der Waals surface area contributed by atoms with Crippen molar-refractivity contribution in [3.05, 3.63) is 24.0 Å². The molecule has 6 nitrogen and oxygen atoms in total. The number of halogens is 1. The molecular formula is C10H12FN3O3S. The van der Waals surface area contributed by atoms with Crippen molar-refractivity contribution < 1.29 is 17.6 Å². The zero-order valence-corrected chi connectivity index (χ0v) is 10.1. The highest BCUT2D eigenvalue weighted by atomic mass is 32.2. The van der Waals surface area contributed by atoms with Crippen LogP contribution in [0.5, 0.6) is 0 Å². The molecule has 1 saturated carbocycles. The molecule has 1 aliphatic carbocycles. The summed E-state index contributed by atoms with van der Waals surface area (Å²) >= 11 is 0. The molecule has 0 spiro atoms. The number of anilines is 1. The summed E-state index contributed by atoms with van der Waals surface area (Å²) in [6, 6.07) is 2.51. The Labute approximate surface area is 103 Å². The lowest BCUT2D eigenvalue weighted by Gasteiger charge is -2.08. The number of sulfonamides is 1. The van der Waals surface area contributed by atoms with Gasteiger partial charge in [-0.3, -0.25) is 0 Å². The second kappa shape index (κ2) is 4.54. The molecule has 0 saturated heterocycles. The average molecular weight is 273 g/mol. The van der Waals surface area contributed by atoms with Gasteiger partial charge < -0.3 is 10.6 Å². The molecule has 0 atom stereocenters. The van der Waals surface area contributed by atoms with Crippen LogP contribution in [0.1, 0.15) is 12.8 Å². The number of carbonyl (C=O) groups excluding carboxylic acids is 1. The fourth-order valence-corrected chi connectivity index (χ4v) is 1.89. The largest absolute Gasteiger partial charge is 0.335 e. The second-order valence-corrected chi connectivity index (χ2v) is 5.62. The second-order valence-electron chi connectivity index (χ2n) is 4.06. The van der Waals surface area contributed by atoms with E-state index in [2.05, 4.69) is 10.6 Å². The standard InChI is InChI=1S/C10H12FN3O3S/c11-8-4-3-7(18(12,16)17)5-9(8)14-10(15)13-6-1-2-6/h3-6H,1-2H2,(H2,12,16,17)(H2,13,14,15). The summed E-state index contributed by atoms with van der Waals surface area (Å²) in [5, 5.41) is 9.76. The van der Waals surface area contributed by atoms with Crippen molar-refractivity contribution in [1.82, 2.24) is 5.32 Å². The van der Waals surface area contributed by atoms with E-state index in [0.29, 0.717) is 0 Å². The van der Waals surface area contributed by atoms with Crippen molar-refractivity contribution in [2.75, 3.05) is 5.32 Å². The summed E-state index contributed by atoms with van der Waals surface area (Å²) in [5.74, 6) is -0.728. The van der Waals surface area contributed by atoms with Crippen molar-refractivity contribution in [3.8, 4) is 0 Å². The number of nitrogens with two attached hydrogens (primary N) is 1. The van der Waals surface area contributed by atoms with Crippen molar-refractivity contribution in [3.63, 3.8) is 0 Å². The Morgan fingerprint density at radius 1 is 1.39 bits per heavy atom. The summed E-state index contributed by atoms with van der Waals surface area (Å²) in [4.78, 5) is 11.1. The third kappa shape index (κ3) is 3.17. The van der Waals surface area contributed by atoms with Crippen molar-refractivity contribution in [2.45, 2.75) is 23.8 Å². The molecule has 0 unspecified atom stereocenters. The quantitative estimate of drug-likeness (QED) is 0.757. The van der Waals surface area contributed by atoms with E-state index < -0.39 is 21.9 Å². The number of rotatable bonds is 3. The Morgan fingerprint density at radius 2 is 2.06 bits per heavy atom. The lowest BCUT2D eigenvalue weighted by atomic mass is 10.3. The third-order valence-electron chi connectivity index (χ3n) is 2.43. The van der Waals surface area contributed by atoms with Gasteiger partial charge in [0.05, 0.1) is 10.6 Å². The Balaban J connectivity index is 2.17. The van der Waals surface area contributed by atoms with Crippen LogP contribution in [0.3, 0.4) is 0 Å². The SMILES string of the molecule is NS(=O)(=O)c1ccc(F)c(NC(=O)NC2CC2)c1. The van der Waals surface area contributed by atoms with Crippen LogP contribution in [0.4, 0.5) is 14.9 Å². The van der Waals surface area contributed by atoms with Gasteiger partial charge in [0.2, 0.25) is 10.0 Å². The van der Waals surface area contributed by atoms with Crippen molar-refractivity contribution in [2.24, 2.45) is 5.14 Å². The van der Waals surface area contributed by atoms with Gasteiger partial charge in [0.25, 0.3) is 0 Å². The maximum atomic E-state index is 13.4. The van der Waals surface area contributed by atoms with E-state index in [4.69, 9.17) is 5.14 Å². The number of urea groups is 1. The first-order valence-corrected chi connectivity index (χ1v) is 6.81. The summed E-state index contributed by atoms with van der Waals surface area (Å²) in [5.41, 5.74) is -0.223. The molecule has 0 aromatic heterocycles. The maximum absolute atomic E-state index is 13.4. The summed E-state index contributed by atoms with van der Waals surface area (Å²) in [6.45, 7) is 0. The molecule has 0 radical (unpaired) electrons. The zero-order chi connectivity index (χ0) is 13.3. The Bertz CT molecular complexity index is 584. The number of primary sulfonamides is 1. The van der Waals surface area contributed by atoms with Crippen LogP contribution in [0, 0.1) is 5.82 Å². The van der Waals surface area contributed by atoms with E-state index >= 15 is 0 Å². The normalized spacial score (nSPS) is 15.2. The zero-order valence-electron chi connectivity index (χ0n) is 9.31. The Morgan fingerprint density at radius 3 is 2.61 bits per heavy atom. The van der Waals surface area contributed by atoms with Gasteiger partial charge in [-0.05, 0) is 31.0 Å². The summed E-state index contributed by atoms with van der Waals surface area (Å²) < 4.78 is 35.6. The van der Waals surface area contributed by atoms with Crippen LogP contribution in [0.2, 0.25) is 0 Å². The Kier molecular flexibility index (Phi) is 3.22. The molecule has 0 aliphatic heterocycles. The van der Waals surface area contributed by atoms with Crippen LogP contribution < -0.4 is 15.8 Å². The summed E-state index contributed by atoms with van der Waals surface area (Å²) in [6.07, 6.45) is 1.79. The minimum atomic E-state index is -3.93. The molecule has 1 aliphatic rings. The smallest absolute Gasteiger partial charge is 0.319 e. The van der Waals surface area contributed by atoms with Crippen LogP contribution >= 0.6 is 0 Å². The molecule has 0 bridgehead atoms. The lowest BCUT2D eigenvalue weighted by molar-refractivity contribution is 0.251. The van der Waals surface area contributed by atoms with E-state index in [1.165, 1.54) is 0 Å². The number of hydrogen-bond donors (Lipinski definition) is 3. The Hall–Kier alpha value is -1.67. The molecule has 1 aromatic rings. The molecule has 0 heterocycles. The first-order valence-electron chi connectivity index (χ1n) is 5.26. The molecule has 8 heteroatoms. The van der Waals surface area contributed by atoms with E-state index in [0.717, 1.165) is 31.0 Å². The number of hydrogen-bond acceptors (Lipinski definition) is 3. The maximum Gasteiger partial charge on any atom is 0.319 e.